The summed E-state index contributed by atoms with van der Waals surface area (Å²) in [4.78, 5) is 68.6. The molecule has 3 saturated carbocycles. The number of Topliss-reactive ketones (excluding diaryl/α,β-unsaturated/α-hetero) is 1. The van der Waals surface area contributed by atoms with Gasteiger partial charge >= 0.3 is 11.9 Å². The Bertz CT molecular complexity index is 2220. The van der Waals surface area contributed by atoms with Crippen molar-refractivity contribution in [3.63, 3.8) is 0 Å². The number of carboxylic acid groups (broad SMARTS) is 1. The molecule has 0 spiro atoms. The average Bonchev–Trinajstić information content (AvgIpc) is 3.91. The predicted molar refractivity (Wildman–Crippen MR) is 235 cm³/mol. The van der Waals surface area contributed by atoms with E-state index in [1.165, 1.54) is 17.6 Å². The van der Waals surface area contributed by atoms with E-state index in [0.29, 0.717) is 84.4 Å². The van der Waals surface area contributed by atoms with Crippen molar-refractivity contribution in [2.75, 3.05) is 51.3 Å². The van der Waals surface area contributed by atoms with Crippen molar-refractivity contribution < 1.29 is 47.6 Å². The van der Waals surface area contributed by atoms with Crippen LogP contribution in [0.4, 0.5) is 6.01 Å². The average molecular weight is 890 g/mol. The van der Waals surface area contributed by atoms with Gasteiger partial charge in [0.1, 0.15) is 47.3 Å². The van der Waals surface area contributed by atoms with Crippen LogP contribution >= 0.6 is 11.6 Å². The largest absolute Gasteiger partial charge is 0.491 e. The number of anilines is 1. The number of pyridine rings is 1. The number of fused-ring (bicyclic) bond motifs is 2. The van der Waals surface area contributed by atoms with Crippen molar-refractivity contribution >= 4 is 52.1 Å². The van der Waals surface area contributed by atoms with Crippen molar-refractivity contribution in [3.05, 3.63) is 42.1 Å². The maximum absolute atomic E-state index is 14.9. The molecule has 1 aromatic carbocycles. The second-order valence-corrected chi connectivity index (χ2v) is 19.9. The van der Waals surface area contributed by atoms with Gasteiger partial charge in [0, 0.05) is 50.0 Å². The van der Waals surface area contributed by atoms with E-state index in [4.69, 9.17) is 39.9 Å². The standard InChI is InChI=1S/C47H60ClN5O10/c1-7-29-22-47(29,44(57)58)23-37(54)36-19-31(24-53(36)43(56)33(46(4,5)6)20-40(55)63-30-17-27-16-28(27)18-30)62-39-21-34(35-25-61-45(51-35)49-26(2)3)50-42-32(39)8-9-38(41(42)48)60-15-12-52-10-13-59-14-11-52/h7-9,21,25-31,33,36H,1,10-20,22-24H2,2-6H3,(H,49,51)(H,57,58)/t27-,28+,29-,30?,31-,33-,36+,47-/m1/s1. The van der Waals surface area contributed by atoms with Crippen LogP contribution in [0, 0.1) is 34.5 Å². The number of morpholine rings is 1. The van der Waals surface area contributed by atoms with Crippen LogP contribution in [0.5, 0.6) is 11.5 Å². The van der Waals surface area contributed by atoms with Crippen LogP contribution in [-0.4, -0.2) is 119 Å². The van der Waals surface area contributed by atoms with E-state index in [1.54, 1.807) is 18.2 Å². The topological polar surface area (TPSA) is 183 Å². The molecule has 340 valence electrons. The Morgan fingerprint density at radius 1 is 1.05 bits per heavy atom. The van der Waals surface area contributed by atoms with Gasteiger partial charge in [-0.25, -0.2) is 4.98 Å². The minimum atomic E-state index is -1.28. The normalized spacial score (nSPS) is 27.2. The lowest BCUT2D eigenvalue weighted by atomic mass is 9.77. The van der Waals surface area contributed by atoms with Gasteiger partial charge in [0.2, 0.25) is 5.91 Å². The van der Waals surface area contributed by atoms with Crippen LogP contribution in [0.25, 0.3) is 22.3 Å². The van der Waals surface area contributed by atoms with Gasteiger partial charge in [-0.15, -0.1) is 6.58 Å². The van der Waals surface area contributed by atoms with Gasteiger partial charge in [0.15, 0.2) is 5.78 Å². The fourth-order valence-electron chi connectivity index (χ4n) is 9.69. The Morgan fingerprint density at radius 3 is 2.46 bits per heavy atom. The first kappa shape index (κ1) is 44.9. The number of hydrogen-bond acceptors (Lipinski definition) is 13. The van der Waals surface area contributed by atoms with E-state index >= 15 is 0 Å². The van der Waals surface area contributed by atoms with Crippen LogP contribution in [0.15, 0.2) is 41.5 Å². The quantitative estimate of drug-likeness (QED) is 0.0979. The monoisotopic (exact) mass is 889 g/mol. The number of rotatable bonds is 18. The maximum atomic E-state index is 14.9. The number of nitrogens with zero attached hydrogens (tertiary/aromatic N) is 4. The molecule has 16 heteroatoms. The summed E-state index contributed by atoms with van der Waals surface area (Å²) in [5.41, 5.74) is -0.736. The summed E-state index contributed by atoms with van der Waals surface area (Å²) in [6.07, 6.45) is 5.09. The number of carbonyl (C=O) groups excluding carboxylic acids is 3. The molecule has 4 heterocycles. The van der Waals surface area contributed by atoms with E-state index in [9.17, 15) is 24.3 Å². The lowest BCUT2D eigenvalue weighted by Crippen LogP contribution is -2.48. The molecule has 15 nitrogen and oxygen atoms in total. The number of carboxylic acids is 1. The van der Waals surface area contributed by atoms with Crippen molar-refractivity contribution in [2.45, 2.75) is 104 Å². The molecule has 0 radical (unpaired) electrons. The highest BCUT2D eigenvalue weighted by molar-refractivity contribution is 6.36. The molecular weight excluding hydrogens is 830 g/mol. The number of halogens is 1. The number of oxazole rings is 1. The number of likely N-dealkylation sites (tertiary alicyclic amines) is 1. The summed E-state index contributed by atoms with van der Waals surface area (Å²) >= 11 is 7.09. The zero-order valence-corrected chi connectivity index (χ0v) is 37.7. The molecule has 3 aromatic rings. The Hall–Kier alpha value is -4.73. The molecule has 8 rings (SSSR count). The summed E-state index contributed by atoms with van der Waals surface area (Å²) in [5.74, 6) is -1.37. The molecule has 2 aliphatic heterocycles. The van der Waals surface area contributed by atoms with Gasteiger partial charge in [-0.3, -0.25) is 24.1 Å². The van der Waals surface area contributed by atoms with Crippen molar-refractivity contribution in [1.29, 1.82) is 0 Å². The number of aliphatic carboxylic acids is 1. The number of hydrogen-bond donors (Lipinski definition) is 2. The number of ketones is 1. The second-order valence-electron chi connectivity index (χ2n) is 19.5. The van der Waals surface area contributed by atoms with Crippen LogP contribution in [0.2, 0.25) is 5.02 Å². The van der Waals surface area contributed by atoms with Crippen molar-refractivity contribution in [3.8, 4) is 22.9 Å². The van der Waals surface area contributed by atoms with Crippen LogP contribution in [0.1, 0.15) is 79.6 Å². The predicted octanol–water partition coefficient (Wildman–Crippen LogP) is 7.05. The van der Waals surface area contributed by atoms with Crippen molar-refractivity contribution in [1.82, 2.24) is 19.8 Å². The Kier molecular flexibility index (Phi) is 12.8. The molecule has 5 aliphatic rings. The zero-order chi connectivity index (χ0) is 44.8. The highest BCUT2D eigenvalue weighted by atomic mass is 35.5. The van der Waals surface area contributed by atoms with Crippen LogP contribution < -0.4 is 14.8 Å². The number of benzene rings is 1. The summed E-state index contributed by atoms with van der Waals surface area (Å²) in [6, 6.07) is 4.69. The van der Waals surface area contributed by atoms with Gasteiger partial charge in [0.25, 0.3) is 6.01 Å². The van der Waals surface area contributed by atoms with Gasteiger partial charge in [0.05, 0.1) is 54.8 Å². The van der Waals surface area contributed by atoms with Gasteiger partial charge in [-0.05, 0) is 74.8 Å². The smallest absolute Gasteiger partial charge is 0.310 e. The zero-order valence-electron chi connectivity index (χ0n) is 36.9. The molecule has 63 heavy (non-hydrogen) atoms. The molecule has 3 aliphatic carbocycles. The van der Waals surface area contributed by atoms with E-state index in [1.807, 2.05) is 40.7 Å². The third kappa shape index (κ3) is 9.85. The minimum Gasteiger partial charge on any atom is -0.491 e. The Balaban J connectivity index is 1.09. The van der Waals surface area contributed by atoms with E-state index < -0.39 is 40.8 Å². The highest BCUT2D eigenvalue weighted by Gasteiger charge is 2.61. The van der Waals surface area contributed by atoms with E-state index in [-0.39, 0.29) is 60.6 Å². The fourth-order valence-corrected chi connectivity index (χ4v) is 9.95. The molecule has 8 atom stereocenters. The molecule has 2 saturated heterocycles. The second kappa shape index (κ2) is 18.0. The van der Waals surface area contributed by atoms with Gasteiger partial charge in [-0.2, -0.15) is 4.98 Å². The number of carbonyl (C=O) groups is 4. The lowest BCUT2D eigenvalue weighted by Gasteiger charge is -2.35. The minimum absolute atomic E-state index is 0.00977. The third-order valence-electron chi connectivity index (χ3n) is 13.6. The lowest BCUT2D eigenvalue weighted by molar-refractivity contribution is -0.157. The summed E-state index contributed by atoms with van der Waals surface area (Å²) < 4.78 is 30.1. The highest BCUT2D eigenvalue weighted by Crippen LogP contribution is 2.57. The summed E-state index contributed by atoms with van der Waals surface area (Å²) in [5, 5.41) is 14.3. The molecule has 0 bridgehead atoms. The fraction of sp³-hybridized carbons (Fsp3) is 0.617. The number of allylic oxidation sites excluding steroid dienone is 1. The first-order valence-electron chi connectivity index (χ1n) is 22.4. The molecule has 2 N–H and O–H groups in total. The SMILES string of the molecule is C=C[C@@H]1C[C@]1(CC(=O)[C@@H]1C[C@@H](Oc2cc(-c3coc(NC(C)C)n3)nc3c(Cl)c(OCCN4CCOCC4)ccc23)CN1C(=O)[C@@H](CC(=O)OC1C[C@@H]2C[C@@H]2C1)C(C)(C)C)C(=O)O. The number of aromatic nitrogens is 2. The molecule has 1 unspecified atom stereocenters. The number of amides is 1. The number of ether oxygens (including phenoxy) is 4. The van der Waals surface area contributed by atoms with Crippen molar-refractivity contribution in [2.24, 2.45) is 34.5 Å². The molecule has 2 aromatic heterocycles. The first-order chi connectivity index (χ1) is 30.0. The molecular formula is C47H60ClN5O10. The first-order valence-corrected chi connectivity index (χ1v) is 22.7. The Labute approximate surface area is 373 Å². The van der Waals surface area contributed by atoms with Crippen LogP contribution in [0.3, 0.4) is 0 Å². The Morgan fingerprint density at radius 2 is 1.79 bits per heavy atom. The number of esters is 1. The summed E-state index contributed by atoms with van der Waals surface area (Å²) in [7, 11) is 0. The van der Waals surface area contributed by atoms with Crippen LogP contribution in [-0.2, 0) is 28.7 Å². The maximum Gasteiger partial charge on any atom is 0.310 e. The third-order valence-corrected chi connectivity index (χ3v) is 13.9. The summed E-state index contributed by atoms with van der Waals surface area (Å²) in [6.45, 7) is 17.5. The van der Waals surface area contributed by atoms with E-state index in [0.717, 1.165) is 25.9 Å². The van der Waals surface area contributed by atoms with Gasteiger partial charge in [-0.1, -0.05) is 38.4 Å². The van der Waals surface area contributed by atoms with E-state index in [2.05, 4.69) is 21.8 Å². The molecule has 1 amide bonds. The van der Waals surface area contributed by atoms with Gasteiger partial charge < -0.3 is 38.7 Å². The number of nitrogens with one attached hydrogen (secondary N) is 1. The molecule has 5 fully saturated rings.